The molecular weight excluding hydrogens is 286 g/mol. The normalized spacial score (nSPS) is 12.2. The van der Waals surface area contributed by atoms with Crippen LogP contribution < -0.4 is 10.9 Å². The average Bonchev–Trinajstić information content (AvgIpc) is 2.87. The molecule has 0 spiro atoms. The molecule has 0 saturated carbocycles. The average molecular weight is 297 g/mol. The number of carbonyl (C=O) groups is 2. The van der Waals surface area contributed by atoms with Gasteiger partial charge in [-0.15, -0.1) is 11.3 Å². The molecule has 1 amide bonds. The van der Waals surface area contributed by atoms with E-state index in [-0.39, 0.29) is 12.0 Å². The Kier molecular flexibility index (Phi) is 4.11. The maximum Gasteiger partial charge on any atom is 0.326 e. The molecule has 0 aromatic carbocycles. The number of carboxylic acids is 1. The quantitative estimate of drug-likeness (QED) is 0.672. The van der Waals surface area contributed by atoms with Gasteiger partial charge in [0.05, 0.1) is 0 Å². The molecule has 106 valence electrons. The number of fused-ring (bicyclic) bond motifs is 1. The van der Waals surface area contributed by atoms with E-state index in [9.17, 15) is 14.4 Å². The van der Waals surface area contributed by atoms with Crippen LogP contribution >= 0.6 is 11.3 Å². The molecule has 8 nitrogen and oxygen atoms in total. The first-order chi connectivity index (χ1) is 9.54. The maximum absolute atomic E-state index is 12.0. The van der Waals surface area contributed by atoms with Crippen molar-refractivity contribution in [3.8, 4) is 0 Å². The number of nitrogens with zero attached hydrogens (tertiary/aromatic N) is 2. The Morgan fingerprint density at radius 3 is 2.90 bits per heavy atom. The third-order valence-electron chi connectivity index (χ3n) is 2.61. The number of aliphatic hydroxyl groups excluding tert-OH is 1. The number of carbonyl (C=O) groups excluding carboxylic acids is 1. The highest BCUT2D eigenvalue weighted by Gasteiger charge is 2.22. The van der Waals surface area contributed by atoms with Crippen LogP contribution in [-0.2, 0) is 4.79 Å². The SMILES string of the molecule is O=C(N[C@@H](CCO)C(=O)O)c1cnc2sccn2c1=O. The van der Waals surface area contributed by atoms with E-state index in [1.165, 1.54) is 21.9 Å². The molecule has 2 heterocycles. The molecule has 20 heavy (non-hydrogen) atoms. The van der Waals surface area contributed by atoms with Crippen LogP contribution in [0.15, 0.2) is 22.6 Å². The number of rotatable bonds is 5. The second kappa shape index (κ2) is 5.80. The third kappa shape index (κ3) is 2.68. The Bertz CT molecular complexity index is 707. The second-order valence-electron chi connectivity index (χ2n) is 3.91. The Morgan fingerprint density at radius 2 is 2.25 bits per heavy atom. The number of carboxylic acid groups (broad SMARTS) is 1. The zero-order valence-corrected chi connectivity index (χ0v) is 11.0. The van der Waals surface area contributed by atoms with Crippen molar-refractivity contribution >= 4 is 28.2 Å². The molecule has 0 radical (unpaired) electrons. The predicted octanol–water partition coefficient (Wildman–Crippen LogP) is -0.679. The lowest BCUT2D eigenvalue weighted by Gasteiger charge is -2.12. The third-order valence-corrected chi connectivity index (χ3v) is 3.38. The molecule has 0 saturated heterocycles. The molecule has 2 aromatic rings. The van der Waals surface area contributed by atoms with Gasteiger partial charge in [-0.1, -0.05) is 0 Å². The van der Waals surface area contributed by atoms with E-state index in [4.69, 9.17) is 10.2 Å². The summed E-state index contributed by atoms with van der Waals surface area (Å²) < 4.78 is 1.21. The van der Waals surface area contributed by atoms with Gasteiger partial charge in [0, 0.05) is 30.8 Å². The molecule has 0 unspecified atom stereocenters. The summed E-state index contributed by atoms with van der Waals surface area (Å²) in [6, 6.07) is -1.25. The highest BCUT2D eigenvalue weighted by molar-refractivity contribution is 7.15. The van der Waals surface area contributed by atoms with Gasteiger partial charge in [0.25, 0.3) is 11.5 Å². The molecule has 2 rings (SSSR count). The molecular formula is C11H11N3O5S. The fourth-order valence-corrected chi connectivity index (χ4v) is 2.28. The summed E-state index contributed by atoms with van der Waals surface area (Å²) >= 11 is 1.24. The van der Waals surface area contributed by atoms with Gasteiger partial charge in [0.15, 0.2) is 4.96 Å². The van der Waals surface area contributed by atoms with Gasteiger partial charge in [0.2, 0.25) is 0 Å². The van der Waals surface area contributed by atoms with Gasteiger partial charge < -0.3 is 15.5 Å². The van der Waals surface area contributed by atoms with Crippen molar-refractivity contribution in [3.63, 3.8) is 0 Å². The van der Waals surface area contributed by atoms with Crippen LogP contribution in [-0.4, -0.2) is 44.1 Å². The van der Waals surface area contributed by atoms with Crippen molar-refractivity contribution in [1.29, 1.82) is 0 Å². The first-order valence-corrected chi connectivity index (χ1v) is 6.52. The summed E-state index contributed by atoms with van der Waals surface area (Å²) in [5, 5.41) is 21.5. The Morgan fingerprint density at radius 1 is 1.50 bits per heavy atom. The van der Waals surface area contributed by atoms with Crippen LogP contribution in [0.1, 0.15) is 16.8 Å². The van der Waals surface area contributed by atoms with Gasteiger partial charge in [0.1, 0.15) is 11.6 Å². The zero-order valence-electron chi connectivity index (χ0n) is 10.1. The monoisotopic (exact) mass is 297 g/mol. The van der Waals surface area contributed by atoms with E-state index < -0.39 is 30.1 Å². The standard InChI is InChI=1S/C11H11N3O5S/c15-3-1-7(10(18)19)13-8(16)6-5-12-11-14(9(6)17)2-4-20-11/h2,4-5,7,15H,1,3H2,(H,13,16)(H,18,19)/t7-/m0/s1. The first kappa shape index (κ1) is 14.2. The van der Waals surface area contributed by atoms with Crippen molar-refractivity contribution in [2.24, 2.45) is 0 Å². The number of nitrogens with one attached hydrogen (secondary N) is 1. The fourth-order valence-electron chi connectivity index (χ4n) is 1.60. The summed E-state index contributed by atoms with van der Waals surface area (Å²) in [4.78, 5) is 39.2. The minimum absolute atomic E-state index is 0.142. The molecule has 0 aliphatic carbocycles. The molecule has 0 fully saturated rings. The number of hydrogen-bond acceptors (Lipinski definition) is 6. The van der Waals surface area contributed by atoms with Crippen molar-refractivity contribution in [2.75, 3.05) is 6.61 Å². The van der Waals surface area contributed by atoms with Gasteiger partial charge in [-0.2, -0.15) is 0 Å². The molecule has 0 aliphatic heterocycles. The highest BCUT2D eigenvalue weighted by atomic mass is 32.1. The molecule has 2 aromatic heterocycles. The largest absolute Gasteiger partial charge is 0.480 e. The Hall–Kier alpha value is -2.26. The van der Waals surface area contributed by atoms with Crippen LogP contribution in [0.4, 0.5) is 0 Å². The van der Waals surface area contributed by atoms with E-state index in [0.717, 1.165) is 6.20 Å². The molecule has 0 bridgehead atoms. The number of amides is 1. The summed E-state index contributed by atoms with van der Waals surface area (Å²) in [5.74, 6) is -2.11. The lowest BCUT2D eigenvalue weighted by molar-refractivity contribution is -0.139. The summed E-state index contributed by atoms with van der Waals surface area (Å²) in [7, 11) is 0. The van der Waals surface area contributed by atoms with Gasteiger partial charge in [-0.05, 0) is 0 Å². The summed E-state index contributed by atoms with van der Waals surface area (Å²) in [6.45, 7) is -0.391. The molecule has 9 heteroatoms. The number of hydrogen-bond donors (Lipinski definition) is 3. The van der Waals surface area contributed by atoms with Crippen LogP contribution in [0.25, 0.3) is 4.96 Å². The van der Waals surface area contributed by atoms with E-state index in [0.29, 0.717) is 4.96 Å². The molecule has 1 atom stereocenters. The Balaban J connectivity index is 2.29. The summed E-state index contributed by atoms with van der Waals surface area (Å²) in [5.41, 5.74) is -0.813. The molecule has 3 N–H and O–H groups in total. The number of thiazole rings is 1. The van der Waals surface area contributed by atoms with Crippen LogP contribution in [0.3, 0.4) is 0 Å². The minimum Gasteiger partial charge on any atom is -0.480 e. The molecule has 0 aliphatic rings. The lowest BCUT2D eigenvalue weighted by Crippen LogP contribution is -2.43. The van der Waals surface area contributed by atoms with Crippen molar-refractivity contribution < 1.29 is 19.8 Å². The number of aliphatic carboxylic acids is 1. The number of aromatic nitrogens is 2. The van der Waals surface area contributed by atoms with Gasteiger partial charge in [-0.3, -0.25) is 14.0 Å². The van der Waals surface area contributed by atoms with Crippen LogP contribution in [0.2, 0.25) is 0 Å². The van der Waals surface area contributed by atoms with Crippen molar-refractivity contribution in [1.82, 2.24) is 14.7 Å². The topological polar surface area (TPSA) is 121 Å². The van der Waals surface area contributed by atoms with Gasteiger partial charge >= 0.3 is 5.97 Å². The van der Waals surface area contributed by atoms with E-state index >= 15 is 0 Å². The summed E-state index contributed by atoms with van der Waals surface area (Å²) in [6.07, 6.45) is 2.45. The zero-order chi connectivity index (χ0) is 14.7. The fraction of sp³-hybridized carbons (Fsp3) is 0.273. The predicted molar refractivity (Wildman–Crippen MR) is 69.9 cm³/mol. The maximum atomic E-state index is 12.0. The first-order valence-electron chi connectivity index (χ1n) is 5.64. The van der Waals surface area contributed by atoms with E-state index in [1.807, 2.05) is 0 Å². The van der Waals surface area contributed by atoms with Crippen LogP contribution in [0.5, 0.6) is 0 Å². The smallest absolute Gasteiger partial charge is 0.326 e. The number of aliphatic hydroxyl groups is 1. The van der Waals surface area contributed by atoms with Gasteiger partial charge in [-0.25, -0.2) is 9.78 Å². The lowest BCUT2D eigenvalue weighted by atomic mass is 10.2. The van der Waals surface area contributed by atoms with Crippen LogP contribution in [0, 0.1) is 0 Å². The van der Waals surface area contributed by atoms with E-state index in [1.54, 1.807) is 5.38 Å². The minimum atomic E-state index is -1.28. The van der Waals surface area contributed by atoms with Crippen molar-refractivity contribution in [2.45, 2.75) is 12.5 Å². The van der Waals surface area contributed by atoms with Crippen molar-refractivity contribution in [3.05, 3.63) is 33.7 Å². The second-order valence-corrected chi connectivity index (χ2v) is 4.78. The van der Waals surface area contributed by atoms with E-state index in [2.05, 4.69) is 10.3 Å². The highest BCUT2D eigenvalue weighted by Crippen LogP contribution is 2.06. The Labute approximate surface area is 116 Å².